The number of carbonyl (C=O) groups excluding carboxylic acids is 3. The van der Waals surface area contributed by atoms with E-state index in [9.17, 15) is 24.0 Å². The number of likely N-dealkylation sites (N-methyl/N-ethyl adjacent to an activating group) is 2. The van der Waals surface area contributed by atoms with Crippen LogP contribution in [0.5, 0.6) is 0 Å². The number of ether oxygens (including phenoxy) is 2. The highest BCUT2D eigenvalue weighted by atomic mass is 16.6. The van der Waals surface area contributed by atoms with Crippen molar-refractivity contribution in [2.75, 3.05) is 20.6 Å². The second-order valence-corrected chi connectivity index (χ2v) is 8.98. The van der Waals surface area contributed by atoms with Gasteiger partial charge in [-0.25, -0.2) is 14.4 Å². The molecule has 0 spiro atoms. The number of carbonyl (C=O) groups is 5. The van der Waals surface area contributed by atoms with E-state index in [2.05, 4.69) is 5.32 Å². The number of nitrogens with zero attached hydrogens (tertiary/aromatic N) is 2. The summed E-state index contributed by atoms with van der Waals surface area (Å²) in [7, 11) is 2.81. The number of hydrogen-bond donors (Lipinski definition) is 3. The van der Waals surface area contributed by atoms with Crippen LogP contribution >= 0.6 is 0 Å². The van der Waals surface area contributed by atoms with Crippen molar-refractivity contribution in [2.45, 2.75) is 78.7 Å². The lowest BCUT2D eigenvalue weighted by Crippen LogP contribution is -2.48. The van der Waals surface area contributed by atoms with Gasteiger partial charge in [0.25, 0.3) is 0 Å². The van der Waals surface area contributed by atoms with Gasteiger partial charge < -0.3 is 25.0 Å². The summed E-state index contributed by atoms with van der Waals surface area (Å²) in [6.07, 6.45) is -1.27. The van der Waals surface area contributed by atoms with E-state index >= 15 is 0 Å². The molecule has 0 aromatic carbocycles. The van der Waals surface area contributed by atoms with Crippen LogP contribution in [0.25, 0.3) is 0 Å². The van der Waals surface area contributed by atoms with Gasteiger partial charge >= 0.3 is 24.1 Å². The third-order valence-electron chi connectivity index (χ3n) is 3.68. The van der Waals surface area contributed by atoms with Gasteiger partial charge in [-0.05, 0) is 55.4 Å². The Morgan fingerprint density at radius 2 is 1.12 bits per heavy atom. The van der Waals surface area contributed by atoms with E-state index in [1.54, 1.807) is 41.5 Å². The lowest BCUT2D eigenvalue weighted by atomic mass is 10.2. The molecule has 0 aliphatic rings. The predicted molar refractivity (Wildman–Crippen MR) is 115 cm³/mol. The Kier molecular flexibility index (Phi) is 12.4. The first kappa shape index (κ1) is 31.1. The average molecular weight is 464 g/mol. The Labute approximate surface area is 188 Å². The highest BCUT2D eigenvalue weighted by molar-refractivity contribution is 5.87. The lowest BCUT2D eigenvalue weighted by Gasteiger charge is -2.27. The Balaban J connectivity index is 0. The average Bonchev–Trinajstić information content (AvgIpc) is 2.61. The van der Waals surface area contributed by atoms with E-state index in [1.807, 2.05) is 0 Å². The molecule has 0 saturated heterocycles. The van der Waals surface area contributed by atoms with E-state index in [1.165, 1.54) is 27.9 Å². The Hall–Kier alpha value is -3.05. The molecular weight excluding hydrogens is 426 g/mol. The van der Waals surface area contributed by atoms with Crippen molar-refractivity contribution in [3.05, 3.63) is 0 Å². The van der Waals surface area contributed by atoms with Crippen LogP contribution in [0.15, 0.2) is 0 Å². The highest BCUT2D eigenvalue weighted by Gasteiger charge is 2.27. The Morgan fingerprint density at radius 1 is 0.781 bits per heavy atom. The molecular formula is C20H37N3O9. The molecule has 186 valence electrons. The quantitative estimate of drug-likeness (QED) is 0.532. The van der Waals surface area contributed by atoms with E-state index in [-0.39, 0.29) is 0 Å². The zero-order valence-electron chi connectivity index (χ0n) is 20.5. The summed E-state index contributed by atoms with van der Waals surface area (Å²) >= 11 is 0. The van der Waals surface area contributed by atoms with Gasteiger partial charge in [-0.15, -0.1) is 0 Å². The fourth-order valence-electron chi connectivity index (χ4n) is 1.64. The summed E-state index contributed by atoms with van der Waals surface area (Å²) < 4.78 is 10.1. The van der Waals surface area contributed by atoms with Crippen molar-refractivity contribution < 1.29 is 43.7 Å². The SMILES string of the molecule is C[C@@H](C(=O)NCC(=O)O)N(C)C(=O)OC(C)(C)C.C[C@@H](C(=O)O)N(C)C(=O)OC(C)(C)C. The van der Waals surface area contributed by atoms with Crippen molar-refractivity contribution in [1.29, 1.82) is 0 Å². The second kappa shape index (κ2) is 12.7. The summed E-state index contributed by atoms with van der Waals surface area (Å²) in [5.74, 6) is -2.75. The van der Waals surface area contributed by atoms with Gasteiger partial charge in [-0.1, -0.05) is 0 Å². The number of amides is 3. The Morgan fingerprint density at radius 3 is 1.41 bits per heavy atom. The molecule has 0 radical (unpaired) electrons. The second-order valence-electron chi connectivity index (χ2n) is 8.98. The van der Waals surface area contributed by atoms with E-state index < -0.39 is 59.9 Å². The summed E-state index contributed by atoms with van der Waals surface area (Å²) in [6.45, 7) is 12.8. The topological polar surface area (TPSA) is 163 Å². The van der Waals surface area contributed by atoms with Gasteiger partial charge in [0.15, 0.2) is 0 Å². The van der Waals surface area contributed by atoms with Crippen molar-refractivity contribution >= 4 is 30.0 Å². The zero-order chi connectivity index (χ0) is 26.0. The molecule has 12 heteroatoms. The van der Waals surface area contributed by atoms with Crippen molar-refractivity contribution in [2.24, 2.45) is 0 Å². The molecule has 3 N–H and O–H groups in total. The van der Waals surface area contributed by atoms with E-state index in [4.69, 9.17) is 19.7 Å². The molecule has 0 rings (SSSR count). The third kappa shape index (κ3) is 14.0. The number of carboxylic acids is 2. The van der Waals surface area contributed by atoms with Crippen LogP contribution in [0.2, 0.25) is 0 Å². The molecule has 0 saturated carbocycles. The standard InChI is InChI=1S/C11H20N2O5.C9H17NO4/c1-7(9(16)12-6-8(14)15)13(5)10(17)18-11(2,3)4;1-6(7(11)12)10(5)8(13)14-9(2,3)4/h7H,6H2,1-5H3,(H,12,16)(H,14,15);6H,1-5H3,(H,11,12)/t7-;6-/m00/s1. The van der Waals surface area contributed by atoms with Gasteiger partial charge in [0.2, 0.25) is 5.91 Å². The van der Waals surface area contributed by atoms with Crippen LogP contribution in [0, 0.1) is 0 Å². The molecule has 2 atom stereocenters. The first-order chi connectivity index (χ1) is 14.2. The molecule has 0 heterocycles. The van der Waals surface area contributed by atoms with Crippen LogP contribution in [0.3, 0.4) is 0 Å². The normalized spacial score (nSPS) is 12.8. The van der Waals surface area contributed by atoms with E-state index in [0.717, 1.165) is 9.80 Å². The maximum absolute atomic E-state index is 11.7. The molecule has 0 aliphatic heterocycles. The van der Waals surface area contributed by atoms with Gasteiger partial charge in [-0.3, -0.25) is 19.4 Å². The number of carboxylic acid groups (broad SMARTS) is 2. The van der Waals surface area contributed by atoms with Crippen LogP contribution in [-0.4, -0.2) is 94.0 Å². The maximum Gasteiger partial charge on any atom is 0.410 e. The molecule has 0 aromatic rings. The van der Waals surface area contributed by atoms with Crippen LogP contribution in [0.1, 0.15) is 55.4 Å². The van der Waals surface area contributed by atoms with Gasteiger partial charge in [-0.2, -0.15) is 0 Å². The lowest BCUT2D eigenvalue weighted by molar-refractivity contribution is -0.142. The van der Waals surface area contributed by atoms with Gasteiger partial charge in [0.05, 0.1) is 0 Å². The summed E-state index contributed by atoms with van der Waals surface area (Å²) in [5, 5.41) is 19.3. The van der Waals surface area contributed by atoms with Crippen molar-refractivity contribution in [3.8, 4) is 0 Å². The summed E-state index contributed by atoms with van der Waals surface area (Å²) in [4.78, 5) is 57.6. The molecule has 0 fully saturated rings. The molecule has 0 unspecified atom stereocenters. The largest absolute Gasteiger partial charge is 0.480 e. The number of rotatable bonds is 6. The molecule has 32 heavy (non-hydrogen) atoms. The molecule has 0 aromatic heterocycles. The molecule has 0 aliphatic carbocycles. The fourth-order valence-corrected chi connectivity index (χ4v) is 1.64. The first-order valence-electron chi connectivity index (χ1n) is 9.83. The minimum Gasteiger partial charge on any atom is -0.480 e. The molecule has 3 amide bonds. The van der Waals surface area contributed by atoms with Crippen molar-refractivity contribution in [3.63, 3.8) is 0 Å². The van der Waals surface area contributed by atoms with Crippen molar-refractivity contribution in [1.82, 2.24) is 15.1 Å². The van der Waals surface area contributed by atoms with Crippen LogP contribution < -0.4 is 5.32 Å². The number of nitrogens with one attached hydrogen (secondary N) is 1. The third-order valence-corrected chi connectivity index (χ3v) is 3.68. The summed E-state index contributed by atoms with van der Waals surface area (Å²) in [5.41, 5.74) is -1.26. The smallest absolute Gasteiger partial charge is 0.410 e. The number of hydrogen-bond acceptors (Lipinski definition) is 7. The maximum atomic E-state index is 11.7. The minimum atomic E-state index is -1.14. The Bertz CT molecular complexity index is 681. The van der Waals surface area contributed by atoms with Gasteiger partial charge in [0, 0.05) is 14.1 Å². The van der Waals surface area contributed by atoms with Gasteiger partial charge in [0.1, 0.15) is 29.8 Å². The van der Waals surface area contributed by atoms with E-state index in [0.29, 0.717) is 0 Å². The van der Waals surface area contributed by atoms with Crippen LogP contribution in [-0.2, 0) is 23.9 Å². The zero-order valence-corrected chi connectivity index (χ0v) is 20.5. The number of aliphatic carboxylic acids is 2. The molecule has 12 nitrogen and oxygen atoms in total. The monoisotopic (exact) mass is 463 g/mol. The van der Waals surface area contributed by atoms with Crippen LogP contribution in [0.4, 0.5) is 9.59 Å². The molecule has 0 bridgehead atoms. The minimum absolute atomic E-state index is 0.481. The summed E-state index contributed by atoms with van der Waals surface area (Å²) in [6, 6.07) is -1.69. The predicted octanol–water partition coefficient (Wildman–Crippen LogP) is 1.77. The first-order valence-corrected chi connectivity index (χ1v) is 9.83. The highest BCUT2D eigenvalue weighted by Crippen LogP contribution is 2.11. The fraction of sp³-hybridized carbons (Fsp3) is 0.750.